The molecule has 0 aromatic carbocycles. The van der Waals surface area contributed by atoms with E-state index in [1.165, 1.54) is 12.8 Å². The normalized spacial score (nSPS) is 30.7. The quantitative estimate of drug-likeness (QED) is 0.771. The average Bonchev–Trinajstić information content (AvgIpc) is 2.99. The Balaban J connectivity index is 1.67. The average molecular weight is 237 g/mol. The van der Waals surface area contributed by atoms with E-state index in [0.717, 1.165) is 25.5 Å². The predicted octanol–water partition coefficient (Wildman–Crippen LogP) is 0.617. The summed E-state index contributed by atoms with van der Waals surface area (Å²) in [5.74, 6) is 0.994. The predicted molar refractivity (Wildman–Crippen MR) is 61.4 cm³/mol. The SMILES string of the molecule is C[C@@H]1CN(Cc2nnnn2C2CC2)C[C@@H](C)O1. The van der Waals surface area contributed by atoms with Gasteiger partial charge in [-0.25, -0.2) is 4.68 Å². The second kappa shape index (κ2) is 4.34. The standard InChI is InChI=1S/C11H19N5O/c1-8-5-15(6-9(2)17-8)7-11-12-13-14-16(11)10-3-4-10/h8-10H,3-7H2,1-2H3/t8-,9-/m1/s1. The van der Waals surface area contributed by atoms with Gasteiger partial charge in [-0.1, -0.05) is 0 Å². The lowest BCUT2D eigenvalue weighted by atomic mass is 10.2. The fourth-order valence-corrected chi connectivity index (χ4v) is 2.53. The number of hydrogen-bond donors (Lipinski definition) is 0. The molecule has 17 heavy (non-hydrogen) atoms. The van der Waals surface area contributed by atoms with Crippen molar-refractivity contribution >= 4 is 0 Å². The molecule has 2 atom stereocenters. The minimum atomic E-state index is 0.295. The summed E-state index contributed by atoms with van der Waals surface area (Å²) in [6.07, 6.45) is 3.02. The Labute approximate surface area is 101 Å². The van der Waals surface area contributed by atoms with Crippen LogP contribution >= 0.6 is 0 Å². The summed E-state index contributed by atoms with van der Waals surface area (Å²) in [5, 5.41) is 12.0. The van der Waals surface area contributed by atoms with Gasteiger partial charge in [0, 0.05) is 13.1 Å². The third-order valence-electron chi connectivity index (χ3n) is 3.31. The molecule has 6 nitrogen and oxygen atoms in total. The number of rotatable bonds is 3. The van der Waals surface area contributed by atoms with Crippen molar-refractivity contribution in [3.8, 4) is 0 Å². The maximum atomic E-state index is 5.73. The van der Waals surface area contributed by atoms with Gasteiger partial charge in [0.25, 0.3) is 0 Å². The second-order valence-electron chi connectivity index (χ2n) is 5.22. The van der Waals surface area contributed by atoms with E-state index in [2.05, 4.69) is 34.3 Å². The van der Waals surface area contributed by atoms with E-state index < -0.39 is 0 Å². The smallest absolute Gasteiger partial charge is 0.165 e. The molecule has 0 unspecified atom stereocenters. The van der Waals surface area contributed by atoms with Crippen LogP contribution in [0.3, 0.4) is 0 Å². The van der Waals surface area contributed by atoms with Crippen molar-refractivity contribution < 1.29 is 4.74 Å². The van der Waals surface area contributed by atoms with Crippen LogP contribution in [0.2, 0.25) is 0 Å². The fourth-order valence-electron chi connectivity index (χ4n) is 2.53. The number of aromatic nitrogens is 4. The maximum Gasteiger partial charge on any atom is 0.165 e. The molecule has 1 aromatic rings. The van der Waals surface area contributed by atoms with Crippen LogP contribution in [-0.4, -0.2) is 50.4 Å². The lowest BCUT2D eigenvalue weighted by Crippen LogP contribution is -2.45. The Bertz CT molecular complexity index is 379. The van der Waals surface area contributed by atoms with Gasteiger partial charge < -0.3 is 4.74 Å². The van der Waals surface area contributed by atoms with E-state index >= 15 is 0 Å². The first-order valence-electron chi connectivity index (χ1n) is 6.37. The van der Waals surface area contributed by atoms with Crippen LogP contribution in [0.4, 0.5) is 0 Å². The highest BCUT2D eigenvalue weighted by Gasteiger charge is 2.29. The maximum absolute atomic E-state index is 5.73. The number of hydrogen-bond acceptors (Lipinski definition) is 5. The molecule has 94 valence electrons. The largest absolute Gasteiger partial charge is 0.373 e. The van der Waals surface area contributed by atoms with Gasteiger partial charge in [0.05, 0.1) is 24.8 Å². The molecule has 1 saturated carbocycles. The van der Waals surface area contributed by atoms with E-state index in [1.807, 2.05) is 4.68 Å². The summed E-state index contributed by atoms with van der Waals surface area (Å²) in [6, 6.07) is 0.552. The Morgan fingerprint density at radius 2 is 1.94 bits per heavy atom. The van der Waals surface area contributed by atoms with Gasteiger partial charge in [0.1, 0.15) is 0 Å². The first-order valence-corrected chi connectivity index (χ1v) is 6.37. The number of nitrogens with zero attached hydrogens (tertiary/aromatic N) is 5. The molecule has 0 amide bonds. The number of tetrazole rings is 1. The molecule has 2 fully saturated rings. The third kappa shape index (κ3) is 2.47. The second-order valence-corrected chi connectivity index (χ2v) is 5.22. The van der Waals surface area contributed by atoms with Gasteiger partial charge in [0.2, 0.25) is 0 Å². The highest BCUT2D eigenvalue weighted by molar-refractivity contribution is 4.91. The Morgan fingerprint density at radius 3 is 2.59 bits per heavy atom. The van der Waals surface area contributed by atoms with Gasteiger partial charge in [-0.3, -0.25) is 4.90 Å². The molecule has 0 N–H and O–H groups in total. The molecule has 1 aliphatic carbocycles. The van der Waals surface area contributed by atoms with Crippen LogP contribution in [0.5, 0.6) is 0 Å². The van der Waals surface area contributed by atoms with Crippen molar-refractivity contribution in [1.29, 1.82) is 0 Å². The van der Waals surface area contributed by atoms with E-state index in [1.54, 1.807) is 0 Å². The molecular formula is C11H19N5O. The molecular weight excluding hydrogens is 218 g/mol. The number of morpholine rings is 1. The van der Waals surface area contributed by atoms with Crippen LogP contribution in [0.25, 0.3) is 0 Å². The molecule has 1 aliphatic heterocycles. The molecule has 0 radical (unpaired) electrons. The molecule has 2 heterocycles. The van der Waals surface area contributed by atoms with Gasteiger partial charge in [-0.05, 0) is 37.1 Å². The first-order chi connectivity index (χ1) is 8.22. The minimum absolute atomic E-state index is 0.295. The summed E-state index contributed by atoms with van der Waals surface area (Å²) in [6.45, 7) is 6.99. The molecule has 3 rings (SSSR count). The van der Waals surface area contributed by atoms with E-state index in [-0.39, 0.29) is 0 Å². The fraction of sp³-hybridized carbons (Fsp3) is 0.909. The van der Waals surface area contributed by atoms with Crippen LogP contribution in [0.1, 0.15) is 38.6 Å². The summed E-state index contributed by atoms with van der Waals surface area (Å²) in [4.78, 5) is 2.38. The van der Waals surface area contributed by atoms with Crippen LogP contribution < -0.4 is 0 Å². The van der Waals surface area contributed by atoms with Crippen LogP contribution in [0, 0.1) is 0 Å². The summed E-state index contributed by atoms with van der Waals surface area (Å²) < 4.78 is 7.72. The molecule has 6 heteroatoms. The Hall–Kier alpha value is -1.01. The van der Waals surface area contributed by atoms with Gasteiger partial charge in [-0.15, -0.1) is 5.10 Å². The molecule has 2 aliphatic rings. The molecule has 0 bridgehead atoms. The van der Waals surface area contributed by atoms with Crippen molar-refractivity contribution in [3.05, 3.63) is 5.82 Å². The summed E-state index contributed by atoms with van der Waals surface area (Å²) >= 11 is 0. The highest BCUT2D eigenvalue weighted by atomic mass is 16.5. The topological polar surface area (TPSA) is 56.1 Å². The number of ether oxygens (including phenoxy) is 1. The van der Waals surface area contributed by atoms with Crippen molar-refractivity contribution in [2.24, 2.45) is 0 Å². The van der Waals surface area contributed by atoms with Gasteiger partial charge in [0.15, 0.2) is 5.82 Å². The van der Waals surface area contributed by atoms with E-state index in [9.17, 15) is 0 Å². The van der Waals surface area contributed by atoms with E-state index in [4.69, 9.17) is 4.74 Å². The third-order valence-corrected chi connectivity index (χ3v) is 3.31. The van der Waals surface area contributed by atoms with Crippen LogP contribution in [-0.2, 0) is 11.3 Å². The zero-order valence-electron chi connectivity index (χ0n) is 10.4. The minimum Gasteiger partial charge on any atom is -0.373 e. The highest BCUT2D eigenvalue weighted by Crippen LogP contribution is 2.34. The Morgan fingerprint density at radius 1 is 1.24 bits per heavy atom. The summed E-state index contributed by atoms with van der Waals surface area (Å²) in [5.41, 5.74) is 0. The first kappa shape index (κ1) is 11.1. The van der Waals surface area contributed by atoms with Crippen molar-refractivity contribution in [2.45, 2.75) is 51.5 Å². The van der Waals surface area contributed by atoms with Gasteiger partial charge in [-0.2, -0.15) is 0 Å². The molecule has 0 spiro atoms. The van der Waals surface area contributed by atoms with Gasteiger partial charge >= 0.3 is 0 Å². The van der Waals surface area contributed by atoms with Crippen molar-refractivity contribution in [2.75, 3.05) is 13.1 Å². The van der Waals surface area contributed by atoms with Crippen molar-refractivity contribution in [1.82, 2.24) is 25.1 Å². The van der Waals surface area contributed by atoms with Crippen molar-refractivity contribution in [3.63, 3.8) is 0 Å². The lowest BCUT2D eigenvalue weighted by Gasteiger charge is -2.34. The van der Waals surface area contributed by atoms with Crippen LogP contribution in [0.15, 0.2) is 0 Å². The monoisotopic (exact) mass is 237 g/mol. The Kier molecular flexibility index (Phi) is 2.84. The lowest BCUT2D eigenvalue weighted by molar-refractivity contribution is -0.0713. The molecule has 1 saturated heterocycles. The van der Waals surface area contributed by atoms with E-state index in [0.29, 0.717) is 18.2 Å². The zero-order valence-corrected chi connectivity index (χ0v) is 10.4. The zero-order chi connectivity index (χ0) is 11.8. The molecule has 1 aromatic heterocycles. The summed E-state index contributed by atoms with van der Waals surface area (Å²) in [7, 11) is 0.